The van der Waals surface area contributed by atoms with Crippen molar-refractivity contribution in [3.05, 3.63) is 71.3 Å². The lowest BCUT2D eigenvalue weighted by atomic mass is 9.98. The van der Waals surface area contributed by atoms with Gasteiger partial charge in [-0.3, -0.25) is 14.1 Å². The molecule has 0 unspecified atom stereocenters. The summed E-state index contributed by atoms with van der Waals surface area (Å²) in [4.78, 5) is 14.8. The van der Waals surface area contributed by atoms with Crippen molar-refractivity contribution in [1.82, 2.24) is 34.2 Å². The van der Waals surface area contributed by atoms with Gasteiger partial charge in [0.15, 0.2) is 5.13 Å². The first kappa shape index (κ1) is 15.5. The van der Waals surface area contributed by atoms with Crippen LogP contribution >= 0.6 is 11.3 Å². The molecule has 0 bridgehead atoms. The van der Waals surface area contributed by atoms with Crippen LogP contribution in [0.3, 0.4) is 0 Å². The Morgan fingerprint density at radius 1 is 1.35 bits per heavy atom. The van der Waals surface area contributed by atoms with E-state index >= 15 is 0 Å². The normalized spacial score (nSPS) is 17.5. The van der Waals surface area contributed by atoms with E-state index < -0.39 is 0 Å². The van der Waals surface area contributed by atoms with Gasteiger partial charge in [0.2, 0.25) is 0 Å². The quantitative estimate of drug-likeness (QED) is 0.603. The zero-order chi connectivity index (χ0) is 17.5. The minimum atomic E-state index is 0.110. The summed E-state index contributed by atoms with van der Waals surface area (Å²) in [6, 6.07) is 4.36. The van der Waals surface area contributed by atoms with Crippen molar-refractivity contribution >= 4 is 11.3 Å². The molecule has 1 aliphatic rings. The highest BCUT2D eigenvalue weighted by Crippen LogP contribution is 2.34. The van der Waals surface area contributed by atoms with Crippen molar-refractivity contribution in [3.8, 4) is 5.13 Å². The van der Waals surface area contributed by atoms with Gasteiger partial charge in [-0.15, -0.1) is 11.3 Å². The first-order valence-electron chi connectivity index (χ1n) is 8.60. The van der Waals surface area contributed by atoms with Gasteiger partial charge in [0, 0.05) is 67.5 Å². The van der Waals surface area contributed by atoms with E-state index in [-0.39, 0.29) is 6.04 Å². The Balaban J connectivity index is 1.51. The summed E-state index contributed by atoms with van der Waals surface area (Å²) < 4.78 is 4.03. The number of nitrogens with zero attached hydrogens (tertiary/aromatic N) is 6. The van der Waals surface area contributed by atoms with Crippen LogP contribution < -0.4 is 0 Å². The van der Waals surface area contributed by atoms with Crippen molar-refractivity contribution in [2.75, 3.05) is 6.54 Å². The molecular weight excluding hydrogens is 346 g/mol. The lowest BCUT2D eigenvalue weighted by Gasteiger charge is -2.34. The predicted octanol–water partition coefficient (Wildman–Crippen LogP) is 2.54. The van der Waals surface area contributed by atoms with E-state index in [0.29, 0.717) is 0 Å². The Morgan fingerprint density at radius 3 is 3.12 bits per heavy atom. The van der Waals surface area contributed by atoms with E-state index in [1.807, 2.05) is 29.5 Å². The number of hydrogen-bond donors (Lipinski definition) is 1. The maximum absolute atomic E-state index is 4.62. The summed E-state index contributed by atoms with van der Waals surface area (Å²) in [5.74, 6) is 0. The van der Waals surface area contributed by atoms with E-state index in [1.54, 1.807) is 17.7 Å². The zero-order valence-corrected chi connectivity index (χ0v) is 15.2. The number of aromatic amines is 1. The molecule has 8 heteroatoms. The largest absolute Gasteiger partial charge is 0.348 e. The lowest BCUT2D eigenvalue weighted by Crippen LogP contribution is -2.36. The molecule has 5 rings (SSSR count). The van der Waals surface area contributed by atoms with Crippen LogP contribution in [0.2, 0.25) is 0 Å². The molecule has 0 aliphatic carbocycles. The third kappa shape index (κ3) is 2.58. The molecule has 4 aromatic heterocycles. The van der Waals surface area contributed by atoms with E-state index in [0.717, 1.165) is 30.3 Å². The Labute approximate surface area is 154 Å². The molecule has 0 saturated carbocycles. The number of H-pyrrole nitrogens is 1. The number of fused-ring (bicyclic) bond motifs is 1. The molecule has 1 atom stereocenters. The van der Waals surface area contributed by atoms with Crippen LogP contribution in [-0.2, 0) is 20.0 Å². The van der Waals surface area contributed by atoms with E-state index in [2.05, 4.69) is 54.0 Å². The SMILES string of the molecule is Cn1cc([C@H]2c3nc[nH]c3CCN2Cc2cccn2-c2nccs2)cn1. The Morgan fingerprint density at radius 2 is 2.31 bits per heavy atom. The minimum Gasteiger partial charge on any atom is -0.348 e. The second-order valence-electron chi connectivity index (χ2n) is 6.52. The highest BCUT2D eigenvalue weighted by Gasteiger charge is 2.32. The van der Waals surface area contributed by atoms with Gasteiger partial charge < -0.3 is 4.98 Å². The fourth-order valence-electron chi connectivity index (χ4n) is 3.72. The summed E-state index contributed by atoms with van der Waals surface area (Å²) in [7, 11) is 1.95. The van der Waals surface area contributed by atoms with Crippen LogP contribution in [0.1, 0.15) is 28.7 Å². The van der Waals surface area contributed by atoms with Gasteiger partial charge in [0.25, 0.3) is 0 Å². The van der Waals surface area contributed by atoms with Gasteiger partial charge in [-0.25, -0.2) is 9.97 Å². The number of aromatic nitrogens is 6. The zero-order valence-electron chi connectivity index (χ0n) is 14.4. The highest BCUT2D eigenvalue weighted by atomic mass is 32.1. The van der Waals surface area contributed by atoms with Crippen LogP contribution in [-0.4, -0.2) is 40.7 Å². The third-order valence-electron chi connectivity index (χ3n) is 4.89. The second-order valence-corrected chi connectivity index (χ2v) is 7.39. The third-order valence-corrected chi connectivity index (χ3v) is 5.66. The molecule has 0 radical (unpaired) electrons. The average molecular weight is 365 g/mol. The summed E-state index contributed by atoms with van der Waals surface area (Å²) in [5.41, 5.74) is 4.74. The molecule has 0 aromatic carbocycles. The topological polar surface area (TPSA) is 67.6 Å². The monoisotopic (exact) mass is 365 g/mol. The lowest BCUT2D eigenvalue weighted by molar-refractivity contribution is 0.197. The first-order chi connectivity index (χ1) is 12.8. The first-order valence-corrected chi connectivity index (χ1v) is 9.48. The molecule has 4 aromatic rings. The van der Waals surface area contributed by atoms with Gasteiger partial charge in [-0.2, -0.15) is 5.10 Å². The number of thiazole rings is 1. The van der Waals surface area contributed by atoms with Crippen LogP contribution in [0.15, 0.2) is 48.6 Å². The predicted molar refractivity (Wildman–Crippen MR) is 99.2 cm³/mol. The molecule has 0 fully saturated rings. The molecule has 132 valence electrons. The van der Waals surface area contributed by atoms with Gasteiger partial charge >= 0.3 is 0 Å². The van der Waals surface area contributed by atoms with Crippen LogP contribution in [0.4, 0.5) is 0 Å². The Hall–Kier alpha value is -2.71. The van der Waals surface area contributed by atoms with Crippen molar-refractivity contribution in [2.45, 2.75) is 19.0 Å². The Bertz CT molecular complexity index is 1010. The standard InChI is InChI=1S/C18H19N7S/c1-23-10-13(9-22-23)17-16-15(20-12-21-16)4-7-24(17)11-14-3-2-6-25(14)18-19-5-8-26-18/h2-3,5-6,8-10,12,17H,4,7,11H2,1H3,(H,20,21)/t17-/m0/s1. The van der Waals surface area contributed by atoms with Crippen LogP contribution in [0.5, 0.6) is 0 Å². The number of imidazole rings is 1. The molecule has 7 nitrogen and oxygen atoms in total. The number of hydrogen-bond acceptors (Lipinski definition) is 5. The number of aryl methyl sites for hydroxylation is 1. The maximum atomic E-state index is 4.62. The van der Waals surface area contributed by atoms with Crippen molar-refractivity contribution in [2.24, 2.45) is 7.05 Å². The van der Waals surface area contributed by atoms with Gasteiger partial charge in [-0.05, 0) is 12.1 Å². The number of rotatable bonds is 4. The van der Waals surface area contributed by atoms with E-state index in [9.17, 15) is 0 Å². The molecule has 0 amide bonds. The minimum absolute atomic E-state index is 0.110. The van der Waals surface area contributed by atoms with E-state index in [1.165, 1.54) is 17.0 Å². The smallest absolute Gasteiger partial charge is 0.193 e. The second kappa shape index (κ2) is 6.22. The van der Waals surface area contributed by atoms with Crippen molar-refractivity contribution in [3.63, 3.8) is 0 Å². The summed E-state index contributed by atoms with van der Waals surface area (Å²) in [5, 5.41) is 7.39. The fraction of sp³-hybridized carbons (Fsp3) is 0.278. The maximum Gasteiger partial charge on any atom is 0.193 e. The molecule has 1 N–H and O–H groups in total. The van der Waals surface area contributed by atoms with E-state index in [4.69, 9.17) is 0 Å². The van der Waals surface area contributed by atoms with Crippen molar-refractivity contribution < 1.29 is 0 Å². The molecule has 26 heavy (non-hydrogen) atoms. The summed E-state index contributed by atoms with van der Waals surface area (Å²) in [6.45, 7) is 1.80. The molecule has 5 heterocycles. The highest BCUT2D eigenvalue weighted by molar-refractivity contribution is 7.12. The molecule has 0 saturated heterocycles. The average Bonchev–Trinajstić information content (AvgIpc) is 3.42. The van der Waals surface area contributed by atoms with Gasteiger partial charge in [0.05, 0.1) is 24.3 Å². The fourth-order valence-corrected chi connectivity index (χ4v) is 4.38. The van der Waals surface area contributed by atoms with Crippen LogP contribution in [0, 0.1) is 0 Å². The number of nitrogens with one attached hydrogen (secondary N) is 1. The molecular formula is C18H19N7S. The summed E-state index contributed by atoms with van der Waals surface area (Å²) >= 11 is 1.65. The van der Waals surface area contributed by atoms with Crippen LogP contribution in [0.25, 0.3) is 5.13 Å². The summed E-state index contributed by atoms with van der Waals surface area (Å²) in [6.07, 6.45) is 10.7. The van der Waals surface area contributed by atoms with Gasteiger partial charge in [0.1, 0.15) is 0 Å². The van der Waals surface area contributed by atoms with Crippen molar-refractivity contribution in [1.29, 1.82) is 0 Å². The molecule has 0 spiro atoms. The Kier molecular flexibility index (Phi) is 3.72. The molecule has 1 aliphatic heterocycles. The van der Waals surface area contributed by atoms with Gasteiger partial charge in [-0.1, -0.05) is 0 Å².